The summed E-state index contributed by atoms with van der Waals surface area (Å²) in [5.41, 5.74) is 1.93. The van der Waals surface area contributed by atoms with Crippen molar-refractivity contribution in [1.29, 1.82) is 5.26 Å². The zero-order valence-electron chi connectivity index (χ0n) is 11.5. The molecule has 0 aromatic heterocycles. The van der Waals surface area contributed by atoms with Crippen LogP contribution >= 0.6 is 15.9 Å². The Hall–Kier alpha value is -1.90. The number of hydrogen-bond donors (Lipinski definition) is 1. The van der Waals surface area contributed by atoms with Gasteiger partial charge in [-0.3, -0.25) is 0 Å². The Labute approximate surface area is 131 Å². The summed E-state index contributed by atoms with van der Waals surface area (Å²) in [5, 5.41) is 12.1. The van der Waals surface area contributed by atoms with E-state index in [1.165, 1.54) is 18.2 Å². The summed E-state index contributed by atoms with van der Waals surface area (Å²) in [6, 6.07) is 11.9. The van der Waals surface area contributed by atoms with E-state index in [-0.39, 0.29) is 12.4 Å². The molecule has 3 nitrogen and oxygen atoms in total. The second-order valence-corrected chi connectivity index (χ2v) is 5.31. The number of benzene rings is 2. The Morgan fingerprint density at radius 2 is 2.10 bits per heavy atom. The predicted octanol–water partition coefficient (Wildman–Crippen LogP) is 3.76. The van der Waals surface area contributed by atoms with Crippen molar-refractivity contribution in [2.45, 2.75) is 13.2 Å². The molecule has 0 radical (unpaired) electrons. The largest absolute Gasteiger partial charge is 0.487 e. The molecule has 0 spiro atoms. The molecule has 21 heavy (non-hydrogen) atoms. The van der Waals surface area contributed by atoms with Gasteiger partial charge in [0, 0.05) is 17.7 Å². The highest BCUT2D eigenvalue weighted by atomic mass is 79.9. The van der Waals surface area contributed by atoms with Crippen LogP contribution in [0.25, 0.3) is 0 Å². The molecule has 2 aromatic rings. The molecule has 0 saturated carbocycles. The van der Waals surface area contributed by atoms with E-state index in [4.69, 9.17) is 10.00 Å². The van der Waals surface area contributed by atoms with Crippen molar-refractivity contribution in [2.24, 2.45) is 0 Å². The molecular formula is C16H14BrFN2O. The summed E-state index contributed by atoms with van der Waals surface area (Å²) in [7, 11) is 1.85. The monoisotopic (exact) mass is 348 g/mol. The van der Waals surface area contributed by atoms with Crippen LogP contribution in [0.3, 0.4) is 0 Å². The molecular weight excluding hydrogens is 335 g/mol. The van der Waals surface area contributed by atoms with Crippen molar-refractivity contribution in [1.82, 2.24) is 5.32 Å². The van der Waals surface area contributed by atoms with Gasteiger partial charge in [0.2, 0.25) is 0 Å². The van der Waals surface area contributed by atoms with Crippen LogP contribution in [0.1, 0.15) is 16.7 Å². The first-order valence-electron chi connectivity index (χ1n) is 6.39. The van der Waals surface area contributed by atoms with Crippen LogP contribution in [-0.2, 0) is 13.2 Å². The molecule has 108 valence electrons. The minimum atomic E-state index is -0.379. The predicted molar refractivity (Wildman–Crippen MR) is 82.4 cm³/mol. The van der Waals surface area contributed by atoms with Crippen molar-refractivity contribution in [3.8, 4) is 11.8 Å². The molecule has 1 N–H and O–H groups in total. The molecule has 5 heteroatoms. The van der Waals surface area contributed by atoms with Crippen molar-refractivity contribution in [3.05, 3.63) is 63.4 Å². The first-order chi connectivity index (χ1) is 10.2. The number of nitrogens with zero attached hydrogens (tertiary/aromatic N) is 1. The first kappa shape index (κ1) is 15.5. The second-order valence-electron chi connectivity index (χ2n) is 4.46. The fraction of sp³-hybridized carbons (Fsp3) is 0.188. The van der Waals surface area contributed by atoms with Gasteiger partial charge in [-0.2, -0.15) is 5.26 Å². The molecule has 2 rings (SSSR count). The Morgan fingerprint density at radius 3 is 2.81 bits per heavy atom. The van der Waals surface area contributed by atoms with Gasteiger partial charge in [0.05, 0.1) is 16.1 Å². The van der Waals surface area contributed by atoms with Gasteiger partial charge in [-0.25, -0.2) is 4.39 Å². The number of nitriles is 1. The lowest BCUT2D eigenvalue weighted by atomic mass is 10.1. The van der Waals surface area contributed by atoms with Gasteiger partial charge < -0.3 is 10.1 Å². The van der Waals surface area contributed by atoms with Gasteiger partial charge in [-0.15, -0.1) is 0 Å². The normalized spacial score (nSPS) is 10.2. The molecule has 0 saturated heterocycles. The van der Waals surface area contributed by atoms with Gasteiger partial charge in [-0.05, 0) is 47.2 Å². The Bertz CT molecular complexity index is 682. The molecule has 0 fully saturated rings. The number of rotatable bonds is 5. The maximum atomic E-state index is 13.3. The SMILES string of the molecule is CNCc1cccc(Br)c1OCc1cc(F)ccc1C#N. The number of para-hydroxylation sites is 1. The van der Waals surface area contributed by atoms with Gasteiger partial charge in [0.1, 0.15) is 18.2 Å². The smallest absolute Gasteiger partial charge is 0.138 e. The average Bonchev–Trinajstić information content (AvgIpc) is 2.47. The van der Waals surface area contributed by atoms with Crippen LogP contribution in [0.15, 0.2) is 40.9 Å². The van der Waals surface area contributed by atoms with E-state index >= 15 is 0 Å². The van der Waals surface area contributed by atoms with Crippen molar-refractivity contribution >= 4 is 15.9 Å². The quantitative estimate of drug-likeness (QED) is 0.894. The van der Waals surface area contributed by atoms with Crippen molar-refractivity contribution < 1.29 is 9.13 Å². The number of nitrogens with one attached hydrogen (secondary N) is 1. The molecule has 0 aliphatic rings. The molecule has 0 bridgehead atoms. The molecule has 0 amide bonds. The zero-order valence-corrected chi connectivity index (χ0v) is 13.1. The summed E-state index contributed by atoms with van der Waals surface area (Å²) in [6.45, 7) is 0.795. The topological polar surface area (TPSA) is 45.0 Å². The maximum absolute atomic E-state index is 13.3. The fourth-order valence-corrected chi connectivity index (χ4v) is 2.51. The summed E-state index contributed by atoms with van der Waals surface area (Å²) < 4.78 is 19.9. The van der Waals surface area contributed by atoms with Crippen molar-refractivity contribution in [3.63, 3.8) is 0 Å². The summed E-state index contributed by atoms with van der Waals surface area (Å²) in [5.74, 6) is 0.315. The lowest BCUT2D eigenvalue weighted by Gasteiger charge is -2.14. The highest BCUT2D eigenvalue weighted by Gasteiger charge is 2.10. The fourth-order valence-electron chi connectivity index (χ4n) is 1.99. The average molecular weight is 349 g/mol. The van der Waals surface area contributed by atoms with Crippen molar-refractivity contribution in [2.75, 3.05) is 7.05 Å². The number of hydrogen-bond acceptors (Lipinski definition) is 3. The van der Waals surface area contributed by atoms with Crippen LogP contribution in [0, 0.1) is 17.1 Å². The summed E-state index contributed by atoms with van der Waals surface area (Å²) in [6.07, 6.45) is 0. The minimum Gasteiger partial charge on any atom is -0.487 e. The lowest BCUT2D eigenvalue weighted by Crippen LogP contribution is -2.08. The molecule has 0 aliphatic heterocycles. The van der Waals surface area contributed by atoms with Crippen LogP contribution < -0.4 is 10.1 Å². The third kappa shape index (κ3) is 3.81. The standard InChI is InChI=1S/C16H14BrFN2O/c1-20-9-12-3-2-4-15(17)16(12)21-10-13-7-14(18)6-5-11(13)8-19/h2-7,20H,9-10H2,1H3. The third-order valence-corrected chi connectivity index (χ3v) is 3.60. The van der Waals surface area contributed by atoms with Gasteiger partial charge in [0.25, 0.3) is 0 Å². The van der Waals surface area contributed by atoms with Gasteiger partial charge in [-0.1, -0.05) is 12.1 Å². The van der Waals surface area contributed by atoms with E-state index in [2.05, 4.69) is 21.2 Å². The summed E-state index contributed by atoms with van der Waals surface area (Å²) in [4.78, 5) is 0. The van der Waals surface area contributed by atoms with E-state index in [0.29, 0.717) is 23.4 Å². The van der Waals surface area contributed by atoms with Crippen LogP contribution in [0.4, 0.5) is 4.39 Å². The molecule has 2 aromatic carbocycles. The zero-order chi connectivity index (χ0) is 15.2. The lowest BCUT2D eigenvalue weighted by molar-refractivity contribution is 0.299. The first-order valence-corrected chi connectivity index (χ1v) is 7.18. The highest BCUT2D eigenvalue weighted by molar-refractivity contribution is 9.10. The molecule has 0 atom stereocenters. The number of ether oxygens (including phenoxy) is 1. The molecule has 0 heterocycles. The molecule has 0 unspecified atom stereocenters. The second kappa shape index (κ2) is 7.21. The van der Waals surface area contributed by atoms with E-state index in [1.807, 2.05) is 31.3 Å². The van der Waals surface area contributed by atoms with Crippen LogP contribution in [-0.4, -0.2) is 7.05 Å². The Balaban J connectivity index is 2.25. The number of halogens is 2. The molecule has 0 aliphatic carbocycles. The summed E-state index contributed by atoms with van der Waals surface area (Å²) >= 11 is 3.45. The van der Waals surface area contributed by atoms with E-state index in [0.717, 1.165) is 10.0 Å². The minimum absolute atomic E-state index is 0.139. The van der Waals surface area contributed by atoms with Crippen LogP contribution in [0.5, 0.6) is 5.75 Å². The maximum Gasteiger partial charge on any atom is 0.138 e. The Morgan fingerprint density at radius 1 is 1.29 bits per heavy atom. The highest BCUT2D eigenvalue weighted by Crippen LogP contribution is 2.30. The van der Waals surface area contributed by atoms with E-state index < -0.39 is 0 Å². The Kier molecular flexibility index (Phi) is 5.32. The van der Waals surface area contributed by atoms with Gasteiger partial charge >= 0.3 is 0 Å². The third-order valence-electron chi connectivity index (χ3n) is 2.98. The van der Waals surface area contributed by atoms with Gasteiger partial charge in [0.15, 0.2) is 0 Å². The van der Waals surface area contributed by atoms with E-state index in [1.54, 1.807) is 0 Å². The van der Waals surface area contributed by atoms with E-state index in [9.17, 15) is 4.39 Å². The van der Waals surface area contributed by atoms with Crippen LogP contribution in [0.2, 0.25) is 0 Å².